The number of nitrogens with one attached hydrogen (secondary N) is 1. The second-order valence-electron chi connectivity index (χ2n) is 6.25. The summed E-state index contributed by atoms with van der Waals surface area (Å²) in [6.45, 7) is 4.15. The van der Waals surface area contributed by atoms with Gasteiger partial charge in [0, 0.05) is 36.6 Å². The first-order valence-electron chi connectivity index (χ1n) is 8.54. The van der Waals surface area contributed by atoms with Gasteiger partial charge in [-0.15, -0.1) is 0 Å². The van der Waals surface area contributed by atoms with Gasteiger partial charge in [-0.3, -0.25) is 25.0 Å². The summed E-state index contributed by atoms with van der Waals surface area (Å²) in [5.41, 5.74) is 0.280. The summed E-state index contributed by atoms with van der Waals surface area (Å²) in [4.78, 5) is 35.5. The number of morpholine rings is 1. The molecule has 1 saturated heterocycles. The molecule has 146 valence electrons. The van der Waals surface area contributed by atoms with Crippen LogP contribution in [0.25, 0.3) is 0 Å². The summed E-state index contributed by atoms with van der Waals surface area (Å²) in [7, 11) is 0. The van der Waals surface area contributed by atoms with Crippen LogP contribution < -0.4 is 10.2 Å². The van der Waals surface area contributed by atoms with Gasteiger partial charge in [0.25, 0.3) is 17.3 Å². The number of carbonyl (C=O) groups is 1. The van der Waals surface area contributed by atoms with E-state index in [1.807, 2.05) is 12.1 Å². The predicted octanol–water partition coefficient (Wildman–Crippen LogP) is 2.90. The maximum Gasteiger partial charge on any atom is 0.279 e. The quantitative estimate of drug-likeness (QED) is 0.618. The van der Waals surface area contributed by atoms with Crippen LogP contribution in [0.2, 0.25) is 0 Å². The molecule has 0 spiro atoms. The molecule has 1 amide bonds. The first-order chi connectivity index (χ1) is 13.4. The second-order valence-corrected chi connectivity index (χ2v) is 6.25. The first-order valence-corrected chi connectivity index (χ1v) is 8.54. The molecule has 3 rings (SSSR count). The Hall–Kier alpha value is -3.53. The van der Waals surface area contributed by atoms with Gasteiger partial charge in [-0.2, -0.15) is 0 Å². The number of hydrogen-bond acceptors (Lipinski definition) is 7. The normalized spacial score (nSPS) is 13.8. The molecule has 1 heterocycles. The van der Waals surface area contributed by atoms with Crippen LogP contribution in [0, 0.1) is 27.2 Å². The average Bonchev–Trinajstić information content (AvgIpc) is 2.69. The average molecular weight is 386 g/mol. The van der Waals surface area contributed by atoms with Gasteiger partial charge in [-0.05, 0) is 31.2 Å². The Balaban J connectivity index is 1.80. The van der Waals surface area contributed by atoms with Crippen LogP contribution in [-0.4, -0.2) is 42.1 Å². The van der Waals surface area contributed by atoms with Crippen molar-refractivity contribution in [2.45, 2.75) is 6.92 Å². The lowest BCUT2D eigenvalue weighted by molar-refractivity contribution is -0.395. The van der Waals surface area contributed by atoms with Crippen LogP contribution in [0.15, 0.2) is 36.4 Å². The lowest BCUT2D eigenvalue weighted by Gasteiger charge is -2.28. The highest BCUT2D eigenvalue weighted by molar-refractivity contribution is 6.05. The maximum atomic E-state index is 12.5. The van der Waals surface area contributed by atoms with Gasteiger partial charge in [0.05, 0.1) is 28.6 Å². The van der Waals surface area contributed by atoms with Gasteiger partial charge in [0.1, 0.15) is 5.56 Å². The molecule has 0 radical (unpaired) electrons. The van der Waals surface area contributed by atoms with Crippen molar-refractivity contribution in [1.82, 2.24) is 0 Å². The van der Waals surface area contributed by atoms with E-state index in [0.717, 1.165) is 30.9 Å². The van der Waals surface area contributed by atoms with Crippen LogP contribution in [0.1, 0.15) is 15.9 Å². The van der Waals surface area contributed by atoms with E-state index in [1.165, 1.54) is 6.92 Å². The summed E-state index contributed by atoms with van der Waals surface area (Å²) in [6, 6.07) is 9.20. The van der Waals surface area contributed by atoms with Crippen molar-refractivity contribution in [2.24, 2.45) is 0 Å². The van der Waals surface area contributed by atoms with Crippen molar-refractivity contribution in [2.75, 3.05) is 36.5 Å². The third-order valence-corrected chi connectivity index (χ3v) is 4.51. The van der Waals surface area contributed by atoms with E-state index >= 15 is 0 Å². The van der Waals surface area contributed by atoms with Crippen molar-refractivity contribution in [3.05, 3.63) is 67.8 Å². The SMILES string of the molecule is Cc1c([N+](=O)[O-])cc(C(=O)Nc2ccc(N3CCOCC3)cc2)cc1[N+](=O)[O-]. The monoisotopic (exact) mass is 386 g/mol. The number of ether oxygens (including phenoxy) is 1. The molecule has 2 aromatic carbocycles. The van der Waals surface area contributed by atoms with E-state index in [1.54, 1.807) is 12.1 Å². The van der Waals surface area contributed by atoms with Gasteiger partial charge in [0.15, 0.2) is 0 Å². The Morgan fingerprint density at radius 2 is 1.57 bits per heavy atom. The molecule has 0 aliphatic carbocycles. The molecule has 0 atom stereocenters. The molecule has 1 N–H and O–H groups in total. The molecule has 10 heteroatoms. The topological polar surface area (TPSA) is 128 Å². The molecule has 0 aromatic heterocycles. The van der Waals surface area contributed by atoms with E-state index in [9.17, 15) is 25.0 Å². The van der Waals surface area contributed by atoms with E-state index < -0.39 is 27.1 Å². The van der Waals surface area contributed by atoms with Gasteiger partial charge in [-0.1, -0.05) is 0 Å². The number of amides is 1. The van der Waals surface area contributed by atoms with Crippen LogP contribution in [0.3, 0.4) is 0 Å². The van der Waals surface area contributed by atoms with Crippen molar-refractivity contribution < 1.29 is 19.4 Å². The van der Waals surface area contributed by atoms with Crippen LogP contribution >= 0.6 is 0 Å². The molecule has 0 bridgehead atoms. The fraction of sp³-hybridized carbons (Fsp3) is 0.278. The minimum Gasteiger partial charge on any atom is -0.378 e. The number of nitro groups is 2. The van der Waals surface area contributed by atoms with Crippen LogP contribution in [-0.2, 0) is 4.74 Å². The molecular weight excluding hydrogens is 368 g/mol. The smallest absolute Gasteiger partial charge is 0.279 e. The van der Waals surface area contributed by atoms with Gasteiger partial charge in [-0.25, -0.2) is 0 Å². The lowest BCUT2D eigenvalue weighted by Crippen LogP contribution is -2.36. The third kappa shape index (κ3) is 4.07. The van der Waals surface area contributed by atoms with Gasteiger partial charge in [0.2, 0.25) is 0 Å². The minimum atomic E-state index is -0.740. The van der Waals surface area contributed by atoms with Gasteiger partial charge < -0.3 is 15.0 Å². The number of benzene rings is 2. The summed E-state index contributed by atoms with van der Waals surface area (Å²) in [5, 5.41) is 24.9. The fourth-order valence-corrected chi connectivity index (χ4v) is 2.97. The van der Waals surface area contributed by atoms with E-state index in [2.05, 4.69) is 10.2 Å². The van der Waals surface area contributed by atoms with E-state index in [-0.39, 0.29) is 11.1 Å². The minimum absolute atomic E-state index is 0.0959. The molecular formula is C18H18N4O6. The molecule has 0 saturated carbocycles. The number of nitro benzene ring substituents is 2. The molecule has 2 aromatic rings. The highest BCUT2D eigenvalue weighted by Crippen LogP contribution is 2.30. The zero-order valence-electron chi connectivity index (χ0n) is 15.1. The summed E-state index contributed by atoms with van der Waals surface area (Å²) < 4.78 is 5.31. The Bertz CT molecular complexity index is 887. The number of carbonyl (C=O) groups excluding carboxylic acids is 1. The molecule has 0 unspecified atom stereocenters. The second kappa shape index (κ2) is 8.01. The predicted molar refractivity (Wildman–Crippen MR) is 102 cm³/mol. The number of anilines is 2. The zero-order chi connectivity index (χ0) is 20.3. The zero-order valence-corrected chi connectivity index (χ0v) is 15.1. The Morgan fingerprint density at radius 3 is 2.07 bits per heavy atom. The first kappa shape index (κ1) is 19.2. The maximum absolute atomic E-state index is 12.5. The van der Waals surface area contributed by atoms with Gasteiger partial charge >= 0.3 is 0 Å². The Labute approximate surface area is 160 Å². The lowest BCUT2D eigenvalue weighted by atomic mass is 10.1. The third-order valence-electron chi connectivity index (χ3n) is 4.51. The van der Waals surface area contributed by atoms with Crippen molar-refractivity contribution in [3.8, 4) is 0 Å². The Kier molecular flexibility index (Phi) is 5.50. The molecule has 28 heavy (non-hydrogen) atoms. The summed E-state index contributed by atoms with van der Waals surface area (Å²) >= 11 is 0. The molecule has 10 nitrogen and oxygen atoms in total. The van der Waals surface area contributed by atoms with E-state index in [4.69, 9.17) is 4.74 Å². The summed E-state index contributed by atoms with van der Waals surface area (Å²) in [5.74, 6) is -0.662. The van der Waals surface area contributed by atoms with Crippen molar-refractivity contribution >= 4 is 28.7 Å². The van der Waals surface area contributed by atoms with Crippen molar-refractivity contribution in [3.63, 3.8) is 0 Å². The molecule has 1 fully saturated rings. The Morgan fingerprint density at radius 1 is 1.04 bits per heavy atom. The summed E-state index contributed by atoms with van der Waals surface area (Å²) in [6.07, 6.45) is 0. The van der Waals surface area contributed by atoms with Crippen LogP contribution in [0.5, 0.6) is 0 Å². The fourth-order valence-electron chi connectivity index (χ4n) is 2.97. The molecule has 1 aliphatic heterocycles. The highest BCUT2D eigenvalue weighted by atomic mass is 16.6. The highest BCUT2D eigenvalue weighted by Gasteiger charge is 2.25. The number of hydrogen-bond donors (Lipinski definition) is 1. The number of rotatable bonds is 5. The molecule has 1 aliphatic rings. The van der Waals surface area contributed by atoms with E-state index in [0.29, 0.717) is 18.9 Å². The standard InChI is InChI=1S/C18H18N4O6/c1-12-16(21(24)25)10-13(11-17(12)22(26)27)18(23)19-14-2-4-15(5-3-14)20-6-8-28-9-7-20/h2-5,10-11H,6-9H2,1H3,(H,19,23). The largest absolute Gasteiger partial charge is 0.378 e. The van der Waals surface area contributed by atoms with Crippen LogP contribution in [0.4, 0.5) is 22.7 Å². The number of nitrogens with zero attached hydrogens (tertiary/aromatic N) is 3. The van der Waals surface area contributed by atoms with Crippen molar-refractivity contribution in [1.29, 1.82) is 0 Å².